The number of hydrogen-bond donors (Lipinski definition) is 2. The smallest absolute Gasteiger partial charge is 0.238 e. The van der Waals surface area contributed by atoms with E-state index < -0.39 is 0 Å². The molecule has 2 N–H and O–H groups in total. The molecule has 0 aliphatic heterocycles. The maximum Gasteiger partial charge on any atom is 0.238 e. The number of halogens is 1. The lowest BCUT2D eigenvalue weighted by Crippen LogP contribution is -2.27. The first-order valence-corrected chi connectivity index (χ1v) is 6.28. The summed E-state index contributed by atoms with van der Waals surface area (Å²) < 4.78 is 0. The van der Waals surface area contributed by atoms with Crippen LogP contribution >= 0.6 is 11.6 Å². The molecule has 1 aromatic carbocycles. The molecule has 1 aromatic heterocycles. The Bertz CT molecular complexity index is 528. The Morgan fingerprint density at radius 3 is 2.63 bits per heavy atom. The lowest BCUT2D eigenvalue weighted by molar-refractivity contribution is -0.115. The molecule has 0 fully saturated rings. The van der Waals surface area contributed by atoms with Gasteiger partial charge in [-0.25, -0.2) is 0 Å². The molecule has 0 unspecified atom stereocenters. The van der Waals surface area contributed by atoms with E-state index in [1.54, 1.807) is 30.5 Å². The number of nitrogens with one attached hydrogen (secondary N) is 2. The third-order valence-corrected chi connectivity index (χ3v) is 2.70. The summed E-state index contributed by atoms with van der Waals surface area (Å²) in [7, 11) is 0. The van der Waals surface area contributed by atoms with Gasteiger partial charge in [0.2, 0.25) is 5.91 Å². The highest BCUT2D eigenvalue weighted by Crippen LogP contribution is 2.12. The number of benzene rings is 1. The molecule has 0 aliphatic carbocycles. The molecule has 0 saturated carbocycles. The van der Waals surface area contributed by atoms with Crippen molar-refractivity contribution in [1.82, 2.24) is 10.3 Å². The van der Waals surface area contributed by atoms with E-state index in [2.05, 4.69) is 15.6 Å². The molecule has 5 heteroatoms. The van der Waals surface area contributed by atoms with Crippen molar-refractivity contribution in [3.8, 4) is 0 Å². The highest BCUT2D eigenvalue weighted by Gasteiger charge is 2.02. The van der Waals surface area contributed by atoms with Crippen molar-refractivity contribution < 1.29 is 4.79 Å². The molecule has 0 bridgehead atoms. The predicted octanol–water partition coefficient (Wildman–Crippen LogP) is 2.46. The van der Waals surface area contributed by atoms with Crippen molar-refractivity contribution in [2.24, 2.45) is 0 Å². The van der Waals surface area contributed by atoms with E-state index in [-0.39, 0.29) is 12.5 Å². The number of carbonyl (C=O) groups excluding carboxylic acids is 1. The summed E-state index contributed by atoms with van der Waals surface area (Å²) in [4.78, 5) is 15.8. The average Bonchev–Trinajstić information content (AvgIpc) is 2.43. The molecule has 19 heavy (non-hydrogen) atoms. The minimum atomic E-state index is -0.0988. The van der Waals surface area contributed by atoms with Crippen molar-refractivity contribution in [3.05, 3.63) is 59.4 Å². The molecular formula is C14H14ClN3O. The lowest BCUT2D eigenvalue weighted by atomic mass is 10.3. The maximum absolute atomic E-state index is 11.7. The Morgan fingerprint density at radius 1 is 1.16 bits per heavy atom. The van der Waals surface area contributed by atoms with Gasteiger partial charge in [0.15, 0.2) is 0 Å². The zero-order chi connectivity index (χ0) is 13.5. The van der Waals surface area contributed by atoms with Crippen LogP contribution in [-0.4, -0.2) is 17.4 Å². The number of pyridine rings is 1. The van der Waals surface area contributed by atoms with Gasteiger partial charge >= 0.3 is 0 Å². The van der Waals surface area contributed by atoms with E-state index in [9.17, 15) is 4.79 Å². The van der Waals surface area contributed by atoms with Gasteiger partial charge in [0.05, 0.1) is 12.2 Å². The lowest BCUT2D eigenvalue weighted by Gasteiger charge is -2.06. The topological polar surface area (TPSA) is 54.0 Å². The molecule has 4 nitrogen and oxygen atoms in total. The number of aromatic nitrogens is 1. The second-order valence-electron chi connectivity index (χ2n) is 3.98. The summed E-state index contributed by atoms with van der Waals surface area (Å²) in [6.07, 6.45) is 1.73. The molecule has 1 heterocycles. The molecular weight excluding hydrogens is 262 g/mol. The first-order valence-electron chi connectivity index (χ1n) is 5.90. The number of nitrogens with zero attached hydrogens (tertiary/aromatic N) is 1. The standard InChI is InChI=1S/C14H14ClN3O/c15-11-4-6-12(7-5-11)18-14(19)10-16-9-13-3-1-2-8-17-13/h1-8,16H,9-10H2,(H,18,19). The van der Waals surface area contributed by atoms with Gasteiger partial charge in [-0.2, -0.15) is 0 Å². The molecule has 2 rings (SSSR count). The van der Waals surface area contributed by atoms with Gasteiger partial charge in [-0.15, -0.1) is 0 Å². The van der Waals surface area contributed by atoms with Gasteiger partial charge < -0.3 is 10.6 Å². The first kappa shape index (κ1) is 13.5. The van der Waals surface area contributed by atoms with E-state index >= 15 is 0 Å². The maximum atomic E-state index is 11.7. The molecule has 0 aliphatic rings. The van der Waals surface area contributed by atoms with Gasteiger partial charge in [0.25, 0.3) is 0 Å². The number of carbonyl (C=O) groups is 1. The zero-order valence-electron chi connectivity index (χ0n) is 10.3. The Morgan fingerprint density at radius 2 is 1.95 bits per heavy atom. The first-order chi connectivity index (χ1) is 9.24. The summed E-state index contributed by atoms with van der Waals surface area (Å²) in [6.45, 7) is 0.800. The van der Waals surface area contributed by atoms with Crippen molar-refractivity contribution in [1.29, 1.82) is 0 Å². The predicted molar refractivity (Wildman–Crippen MR) is 76.0 cm³/mol. The summed E-state index contributed by atoms with van der Waals surface area (Å²) in [5.74, 6) is -0.0988. The van der Waals surface area contributed by atoms with Gasteiger partial charge in [0.1, 0.15) is 0 Å². The minimum Gasteiger partial charge on any atom is -0.325 e. The second kappa shape index (κ2) is 6.87. The van der Waals surface area contributed by atoms with Crippen LogP contribution in [0.1, 0.15) is 5.69 Å². The number of rotatable bonds is 5. The molecule has 98 valence electrons. The van der Waals surface area contributed by atoms with Crippen LogP contribution in [0.2, 0.25) is 5.02 Å². The highest BCUT2D eigenvalue weighted by atomic mass is 35.5. The summed E-state index contributed by atoms with van der Waals surface area (Å²) in [6, 6.07) is 12.7. The van der Waals surface area contributed by atoms with Crippen LogP contribution in [0, 0.1) is 0 Å². The second-order valence-corrected chi connectivity index (χ2v) is 4.42. The fourth-order valence-electron chi connectivity index (χ4n) is 1.55. The quantitative estimate of drug-likeness (QED) is 0.881. The number of hydrogen-bond acceptors (Lipinski definition) is 3. The van der Waals surface area contributed by atoms with Crippen LogP contribution in [-0.2, 0) is 11.3 Å². The van der Waals surface area contributed by atoms with E-state index in [0.29, 0.717) is 11.6 Å². The largest absolute Gasteiger partial charge is 0.325 e. The summed E-state index contributed by atoms with van der Waals surface area (Å²) >= 11 is 5.77. The van der Waals surface area contributed by atoms with E-state index in [0.717, 1.165) is 11.4 Å². The van der Waals surface area contributed by atoms with Crippen LogP contribution in [0.5, 0.6) is 0 Å². The molecule has 0 saturated heterocycles. The third kappa shape index (κ3) is 4.69. The zero-order valence-corrected chi connectivity index (χ0v) is 11.0. The molecule has 0 spiro atoms. The number of amides is 1. The molecule has 1 amide bonds. The van der Waals surface area contributed by atoms with E-state index in [1.165, 1.54) is 0 Å². The van der Waals surface area contributed by atoms with E-state index in [1.807, 2.05) is 18.2 Å². The van der Waals surface area contributed by atoms with Gasteiger partial charge in [0, 0.05) is 23.5 Å². The van der Waals surface area contributed by atoms with Gasteiger partial charge in [-0.1, -0.05) is 17.7 Å². The van der Waals surface area contributed by atoms with Crippen LogP contribution in [0.25, 0.3) is 0 Å². The van der Waals surface area contributed by atoms with Gasteiger partial charge in [-0.05, 0) is 36.4 Å². The average molecular weight is 276 g/mol. The Hall–Kier alpha value is -1.91. The Kier molecular flexibility index (Phi) is 4.89. The SMILES string of the molecule is O=C(CNCc1ccccn1)Nc1ccc(Cl)cc1. The van der Waals surface area contributed by atoms with Crippen LogP contribution in [0.15, 0.2) is 48.7 Å². The Balaban J connectivity index is 1.74. The summed E-state index contributed by atoms with van der Waals surface area (Å²) in [5, 5.41) is 6.45. The van der Waals surface area contributed by atoms with Crippen LogP contribution in [0.3, 0.4) is 0 Å². The van der Waals surface area contributed by atoms with Crippen molar-refractivity contribution >= 4 is 23.2 Å². The monoisotopic (exact) mass is 275 g/mol. The molecule has 2 aromatic rings. The third-order valence-electron chi connectivity index (χ3n) is 2.45. The van der Waals surface area contributed by atoms with Crippen molar-refractivity contribution in [2.75, 3.05) is 11.9 Å². The van der Waals surface area contributed by atoms with Crippen LogP contribution in [0.4, 0.5) is 5.69 Å². The minimum absolute atomic E-state index is 0.0988. The fraction of sp³-hybridized carbons (Fsp3) is 0.143. The summed E-state index contributed by atoms with van der Waals surface area (Å²) in [5.41, 5.74) is 1.64. The highest BCUT2D eigenvalue weighted by molar-refractivity contribution is 6.30. The van der Waals surface area contributed by atoms with Gasteiger partial charge in [-0.3, -0.25) is 9.78 Å². The molecule has 0 atom stereocenters. The fourth-order valence-corrected chi connectivity index (χ4v) is 1.67. The normalized spacial score (nSPS) is 10.2. The van der Waals surface area contributed by atoms with Crippen LogP contribution < -0.4 is 10.6 Å². The van der Waals surface area contributed by atoms with Crippen molar-refractivity contribution in [2.45, 2.75) is 6.54 Å². The van der Waals surface area contributed by atoms with E-state index in [4.69, 9.17) is 11.6 Å². The Labute approximate surface area is 116 Å². The number of anilines is 1. The van der Waals surface area contributed by atoms with Crippen molar-refractivity contribution in [3.63, 3.8) is 0 Å². The molecule has 0 radical (unpaired) electrons.